The first-order valence-electron chi connectivity index (χ1n) is 6.99. The Morgan fingerprint density at radius 1 is 1.00 bits per heavy atom. The predicted molar refractivity (Wildman–Crippen MR) is 78.8 cm³/mol. The fourth-order valence-electron chi connectivity index (χ4n) is 3.02. The van der Waals surface area contributed by atoms with Crippen molar-refractivity contribution >= 4 is 28.3 Å². The second kappa shape index (κ2) is 4.56. The Balaban J connectivity index is 1.94. The summed E-state index contributed by atoms with van der Waals surface area (Å²) in [5.74, 6) is -0.643. The van der Waals surface area contributed by atoms with E-state index in [0.717, 1.165) is 29.5 Å². The van der Waals surface area contributed by atoms with E-state index in [0.29, 0.717) is 24.3 Å². The van der Waals surface area contributed by atoms with E-state index < -0.39 is 0 Å². The van der Waals surface area contributed by atoms with Crippen LogP contribution in [0.4, 0.5) is 5.69 Å². The van der Waals surface area contributed by atoms with E-state index in [9.17, 15) is 9.59 Å². The standard InChI is InChI=1S/C16H14N2O3/c19-15-12-3-1-2-10-8-11(18-4-6-21-7-5-18)9-13(14(10)12)16(20)17-15/h1-3,8-9H,4-7H2,(H,17,19,20). The number of carbonyl (C=O) groups is 2. The maximum absolute atomic E-state index is 12.1. The topological polar surface area (TPSA) is 58.6 Å². The van der Waals surface area contributed by atoms with E-state index in [-0.39, 0.29) is 11.8 Å². The van der Waals surface area contributed by atoms with E-state index in [1.165, 1.54) is 0 Å². The quantitative estimate of drug-likeness (QED) is 0.806. The number of benzene rings is 2. The lowest BCUT2D eigenvalue weighted by molar-refractivity contribution is 0.0845. The molecule has 2 amide bonds. The molecule has 0 spiro atoms. The SMILES string of the molecule is O=C1NC(=O)c2cc(N3CCOCC3)cc3cccc1c23. The first kappa shape index (κ1) is 12.3. The van der Waals surface area contributed by atoms with Crippen molar-refractivity contribution in [2.75, 3.05) is 31.2 Å². The van der Waals surface area contributed by atoms with Gasteiger partial charge in [0, 0.05) is 29.7 Å². The van der Waals surface area contributed by atoms with Crippen LogP contribution in [0.5, 0.6) is 0 Å². The molecule has 106 valence electrons. The zero-order valence-electron chi connectivity index (χ0n) is 11.4. The van der Waals surface area contributed by atoms with Crippen molar-refractivity contribution in [1.82, 2.24) is 5.32 Å². The minimum absolute atomic E-state index is 0.321. The van der Waals surface area contributed by atoms with Gasteiger partial charge in [-0.2, -0.15) is 0 Å². The molecular formula is C16H14N2O3. The molecule has 5 nitrogen and oxygen atoms in total. The minimum atomic E-state index is -0.322. The number of amides is 2. The number of rotatable bonds is 1. The normalized spacial score (nSPS) is 18.0. The summed E-state index contributed by atoms with van der Waals surface area (Å²) in [5, 5.41) is 4.08. The Morgan fingerprint density at radius 3 is 2.57 bits per heavy atom. The number of imide groups is 1. The smallest absolute Gasteiger partial charge is 0.258 e. The number of hydrogen-bond donors (Lipinski definition) is 1. The average Bonchev–Trinajstić information content (AvgIpc) is 2.53. The highest BCUT2D eigenvalue weighted by Crippen LogP contribution is 2.31. The van der Waals surface area contributed by atoms with Gasteiger partial charge in [0.25, 0.3) is 11.8 Å². The summed E-state index contributed by atoms with van der Waals surface area (Å²) < 4.78 is 5.37. The zero-order valence-corrected chi connectivity index (χ0v) is 11.4. The van der Waals surface area contributed by atoms with Crippen LogP contribution in [0.1, 0.15) is 20.7 Å². The van der Waals surface area contributed by atoms with Crippen LogP contribution >= 0.6 is 0 Å². The van der Waals surface area contributed by atoms with Gasteiger partial charge >= 0.3 is 0 Å². The van der Waals surface area contributed by atoms with Crippen molar-refractivity contribution in [2.45, 2.75) is 0 Å². The Hall–Kier alpha value is -2.40. The molecule has 4 rings (SSSR count). The van der Waals surface area contributed by atoms with Crippen molar-refractivity contribution in [3.63, 3.8) is 0 Å². The lowest BCUT2D eigenvalue weighted by atomic mass is 9.94. The first-order chi connectivity index (χ1) is 10.2. The van der Waals surface area contributed by atoms with Gasteiger partial charge < -0.3 is 9.64 Å². The largest absolute Gasteiger partial charge is 0.378 e. The van der Waals surface area contributed by atoms with Gasteiger partial charge in [-0.3, -0.25) is 14.9 Å². The lowest BCUT2D eigenvalue weighted by Crippen LogP contribution is -2.37. The molecule has 0 atom stereocenters. The Kier molecular flexibility index (Phi) is 2.68. The van der Waals surface area contributed by atoms with Gasteiger partial charge in [0.15, 0.2) is 0 Å². The maximum Gasteiger partial charge on any atom is 0.258 e. The summed E-state index contributed by atoms with van der Waals surface area (Å²) in [6.45, 7) is 3.01. The third-order valence-electron chi connectivity index (χ3n) is 4.05. The van der Waals surface area contributed by atoms with Crippen LogP contribution in [-0.2, 0) is 4.74 Å². The molecule has 21 heavy (non-hydrogen) atoms. The lowest BCUT2D eigenvalue weighted by Gasteiger charge is -2.30. The molecule has 0 radical (unpaired) electrons. The molecule has 0 aromatic heterocycles. The molecule has 1 N–H and O–H groups in total. The average molecular weight is 282 g/mol. The van der Waals surface area contributed by atoms with Gasteiger partial charge in [-0.1, -0.05) is 12.1 Å². The molecule has 1 fully saturated rings. The molecule has 2 aliphatic rings. The molecule has 0 aliphatic carbocycles. The van der Waals surface area contributed by atoms with Crippen LogP contribution < -0.4 is 10.2 Å². The highest BCUT2D eigenvalue weighted by Gasteiger charge is 2.26. The number of nitrogens with zero attached hydrogens (tertiary/aromatic N) is 1. The Bertz CT molecular complexity index is 763. The maximum atomic E-state index is 12.1. The molecule has 2 aromatic carbocycles. The predicted octanol–water partition coefficient (Wildman–Crippen LogP) is 1.56. The van der Waals surface area contributed by atoms with Gasteiger partial charge in [-0.15, -0.1) is 0 Å². The van der Waals surface area contributed by atoms with Gasteiger partial charge in [0.05, 0.1) is 18.8 Å². The monoisotopic (exact) mass is 282 g/mol. The van der Waals surface area contributed by atoms with Gasteiger partial charge in [0.2, 0.25) is 0 Å². The third kappa shape index (κ3) is 1.89. The highest BCUT2D eigenvalue weighted by molar-refractivity contribution is 6.26. The summed E-state index contributed by atoms with van der Waals surface area (Å²) in [5.41, 5.74) is 2.14. The van der Waals surface area contributed by atoms with Gasteiger partial charge in [-0.25, -0.2) is 0 Å². The fraction of sp³-hybridized carbons (Fsp3) is 0.250. The summed E-state index contributed by atoms with van der Waals surface area (Å²) in [7, 11) is 0. The number of hydrogen-bond acceptors (Lipinski definition) is 4. The molecule has 2 heterocycles. The molecule has 0 unspecified atom stereocenters. The number of morpholine rings is 1. The van der Waals surface area contributed by atoms with Crippen molar-refractivity contribution < 1.29 is 14.3 Å². The summed E-state index contributed by atoms with van der Waals surface area (Å²) >= 11 is 0. The van der Waals surface area contributed by atoms with Gasteiger partial charge in [0.1, 0.15) is 0 Å². The third-order valence-corrected chi connectivity index (χ3v) is 4.05. The number of anilines is 1. The van der Waals surface area contributed by atoms with E-state index >= 15 is 0 Å². The number of carbonyl (C=O) groups excluding carboxylic acids is 2. The second-order valence-corrected chi connectivity index (χ2v) is 5.28. The Labute approximate surface area is 121 Å². The van der Waals surface area contributed by atoms with E-state index in [1.54, 1.807) is 6.07 Å². The molecule has 2 aromatic rings. The molecule has 1 saturated heterocycles. The van der Waals surface area contributed by atoms with Crippen LogP contribution in [0.15, 0.2) is 30.3 Å². The van der Waals surface area contributed by atoms with Crippen LogP contribution in [0.3, 0.4) is 0 Å². The molecule has 5 heteroatoms. The molecular weight excluding hydrogens is 268 g/mol. The summed E-state index contributed by atoms with van der Waals surface area (Å²) in [4.78, 5) is 26.3. The van der Waals surface area contributed by atoms with E-state index in [4.69, 9.17) is 4.74 Å². The fourth-order valence-corrected chi connectivity index (χ4v) is 3.02. The van der Waals surface area contributed by atoms with Crippen molar-refractivity contribution in [3.8, 4) is 0 Å². The van der Waals surface area contributed by atoms with Crippen LogP contribution in [-0.4, -0.2) is 38.1 Å². The molecule has 2 aliphatic heterocycles. The second-order valence-electron chi connectivity index (χ2n) is 5.28. The number of ether oxygens (including phenoxy) is 1. The molecule has 0 saturated carbocycles. The van der Waals surface area contributed by atoms with Crippen LogP contribution in [0.2, 0.25) is 0 Å². The van der Waals surface area contributed by atoms with Gasteiger partial charge in [-0.05, 0) is 23.6 Å². The Morgan fingerprint density at radius 2 is 1.76 bits per heavy atom. The van der Waals surface area contributed by atoms with Crippen LogP contribution in [0, 0.1) is 0 Å². The minimum Gasteiger partial charge on any atom is -0.378 e. The van der Waals surface area contributed by atoms with Crippen molar-refractivity contribution in [3.05, 3.63) is 41.5 Å². The summed E-state index contributed by atoms with van der Waals surface area (Å²) in [6, 6.07) is 9.46. The number of nitrogens with one attached hydrogen (secondary N) is 1. The highest BCUT2D eigenvalue weighted by atomic mass is 16.5. The molecule has 0 bridgehead atoms. The van der Waals surface area contributed by atoms with E-state index in [1.807, 2.05) is 24.3 Å². The van der Waals surface area contributed by atoms with E-state index in [2.05, 4.69) is 10.2 Å². The van der Waals surface area contributed by atoms with Crippen LogP contribution in [0.25, 0.3) is 10.8 Å². The summed E-state index contributed by atoms with van der Waals surface area (Å²) in [6.07, 6.45) is 0. The van der Waals surface area contributed by atoms with Crippen molar-refractivity contribution in [2.24, 2.45) is 0 Å². The van der Waals surface area contributed by atoms with Crippen molar-refractivity contribution in [1.29, 1.82) is 0 Å². The first-order valence-corrected chi connectivity index (χ1v) is 6.99. The zero-order chi connectivity index (χ0) is 14.4.